The van der Waals surface area contributed by atoms with Crippen LogP contribution in [0.1, 0.15) is 34.3 Å². The molecule has 130 valence electrons. The number of hydrogen-bond acceptors (Lipinski definition) is 5. The summed E-state index contributed by atoms with van der Waals surface area (Å²) in [6.07, 6.45) is 1.88. The minimum Gasteiger partial charge on any atom is -0.493 e. The van der Waals surface area contributed by atoms with E-state index >= 15 is 0 Å². The normalized spacial score (nSPS) is 23.0. The standard InChI is InChI=1S/C20H21NO4/c1-21-14-6-11-4-5-16(22-2)20(23-3)19(11)15(21)7-12-8-17-18(9-13(12)14)25-10-24-17/h4-5,8-9,14-15H,6-7,10H2,1-3H3/t14-,15-/m0/s1. The third-order valence-electron chi connectivity index (χ3n) is 5.81. The molecule has 2 aromatic carbocycles. The number of benzene rings is 2. The van der Waals surface area contributed by atoms with Crippen LogP contribution in [0.4, 0.5) is 0 Å². The Bertz CT molecular complexity index is 863. The summed E-state index contributed by atoms with van der Waals surface area (Å²) >= 11 is 0. The molecule has 0 N–H and O–H groups in total. The van der Waals surface area contributed by atoms with Gasteiger partial charge in [-0.05, 0) is 54.8 Å². The van der Waals surface area contributed by atoms with E-state index < -0.39 is 0 Å². The van der Waals surface area contributed by atoms with E-state index in [2.05, 4.69) is 30.1 Å². The van der Waals surface area contributed by atoms with Gasteiger partial charge in [-0.2, -0.15) is 0 Å². The number of ether oxygens (including phenoxy) is 4. The zero-order valence-corrected chi connectivity index (χ0v) is 14.7. The summed E-state index contributed by atoms with van der Waals surface area (Å²) in [5, 5.41) is 0. The average molecular weight is 339 g/mol. The number of nitrogens with zero attached hydrogens (tertiary/aromatic N) is 1. The summed E-state index contributed by atoms with van der Waals surface area (Å²) in [6.45, 7) is 0.313. The lowest BCUT2D eigenvalue weighted by Crippen LogP contribution is -2.40. The van der Waals surface area contributed by atoms with E-state index in [0.29, 0.717) is 12.8 Å². The third kappa shape index (κ3) is 1.99. The van der Waals surface area contributed by atoms with Crippen molar-refractivity contribution < 1.29 is 18.9 Å². The molecule has 0 unspecified atom stereocenters. The van der Waals surface area contributed by atoms with Crippen molar-refractivity contribution in [3.8, 4) is 23.0 Å². The Hall–Kier alpha value is -2.40. The molecule has 0 saturated carbocycles. The maximum atomic E-state index is 5.74. The van der Waals surface area contributed by atoms with Crippen molar-refractivity contribution in [2.45, 2.75) is 24.9 Å². The van der Waals surface area contributed by atoms with Gasteiger partial charge in [0.25, 0.3) is 0 Å². The van der Waals surface area contributed by atoms with Gasteiger partial charge in [0.15, 0.2) is 23.0 Å². The van der Waals surface area contributed by atoms with Crippen molar-refractivity contribution in [1.29, 1.82) is 0 Å². The molecule has 0 amide bonds. The van der Waals surface area contributed by atoms with Crippen LogP contribution in [0, 0.1) is 0 Å². The maximum absolute atomic E-state index is 5.74. The van der Waals surface area contributed by atoms with Crippen LogP contribution in [0.2, 0.25) is 0 Å². The quantitative estimate of drug-likeness (QED) is 0.840. The Morgan fingerprint density at radius 2 is 1.72 bits per heavy atom. The van der Waals surface area contributed by atoms with Gasteiger partial charge in [-0.15, -0.1) is 0 Å². The van der Waals surface area contributed by atoms with Crippen LogP contribution in [-0.2, 0) is 12.8 Å². The average Bonchev–Trinajstić information content (AvgIpc) is 3.08. The van der Waals surface area contributed by atoms with Crippen molar-refractivity contribution in [2.24, 2.45) is 0 Å². The van der Waals surface area contributed by atoms with Crippen LogP contribution in [0.3, 0.4) is 0 Å². The van der Waals surface area contributed by atoms with Gasteiger partial charge in [0.2, 0.25) is 6.79 Å². The Morgan fingerprint density at radius 3 is 2.48 bits per heavy atom. The molecule has 5 nitrogen and oxygen atoms in total. The van der Waals surface area contributed by atoms with Crippen molar-refractivity contribution in [3.05, 3.63) is 46.5 Å². The highest BCUT2D eigenvalue weighted by Crippen LogP contribution is 2.52. The molecular formula is C20H21NO4. The first kappa shape index (κ1) is 14.9. The second-order valence-electron chi connectivity index (χ2n) is 6.88. The van der Waals surface area contributed by atoms with Crippen molar-refractivity contribution >= 4 is 0 Å². The molecule has 2 bridgehead atoms. The smallest absolute Gasteiger partial charge is 0.231 e. The summed E-state index contributed by atoms with van der Waals surface area (Å²) in [5.74, 6) is 3.38. The van der Waals surface area contributed by atoms with E-state index in [-0.39, 0.29) is 6.04 Å². The molecule has 0 aromatic heterocycles. The second kappa shape index (κ2) is 5.30. The van der Waals surface area contributed by atoms with E-state index in [1.54, 1.807) is 14.2 Å². The molecule has 2 atom stereocenters. The molecule has 25 heavy (non-hydrogen) atoms. The molecule has 0 radical (unpaired) electrons. The molecule has 2 aromatic rings. The summed E-state index contributed by atoms with van der Waals surface area (Å²) in [6, 6.07) is 9.13. The van der Waals surface area contributed by atoms with Crippen LogP contribution in [0.15, 0.2) is 24.3 Å². The van der Waals surface area contributed by atoms with Crippen LogP contribution in [0.5, 0.6) is 23.0 Å². The third-order valence-corrected chi connectivity index (χ3v) is 5.81. The highest BCUT2D eigenvalue weighted by molar-refractivity contribution is 5.58. The second-order valence-corrected chi connectivity index (χ2v) is 6.88. The molecule has 0 fully saturated rings. The van der Waals surface area contributed by atoms with Crippen molar-refractivity contribution in [3.63, 3.8) is 0 Å². The number of likely N-dealkylation sites (N-methyl/N-ethyl adjacent to an activating group) is 1. The first-order valence-electron chi connectivity index (χ1n) is 8.59. The predicted octanol–water partition coefficient (Wildman–Crippen LogP) is 3.26. The summed E-state index contributed by atoms with van der Waals surface area (Å²) in [4.78, 5) is 2.45. The van der Waals surface area contributed by atoms with Gasteiger partial charge in [-0.3, -0.25) is 4.90 Å². The highest BCUT2D eigenvalue weighted by atomic mass is 16.7. The molecule has 0 aliphatic carbocycles. The number of methoxy groups -OCH3 is 2. The Kier molecular flexibility index (Phi) is 3.16. The first-order valence-corrected chi connectivity index (χ1v) is 8.59. The molecule has 0 saturated heterocycles. The Morgan fingerprint density at radius 1 is 0.960 bits per heavy atom. The minimum atomic E-state index is 0.270. The Labute approximate surface area is 147 Å². The Balaban J connectivity index is 1.67. The summed E-state index contributed by atoms with van der Waals surface area (Å²) < 4.78 is 22.4. The fraction of sp³-hybridized carbons (Fsp3) is 0.400. The van der Waals surface area contributed by atoms with E-state index in [1.807, 2.05) is 6.07 Å². The monoisotopic (exact) mass is 339 g/mol. The largest absolute Gasteiger partial charge is 0.493 e. The molecule has 3 aliphatic rings. The van der Waals surface area contributed by atoms with Gasteiger partial charge >= 0.3 is 0 Å². The lowest BCUT2D eigenvalue weighted by molar-refractivity contribution is 0.134. The number of rotatable bonds is 2. The van der Waals surface area contributed by atoms with Crippen molar-refractivity contribution in [1.82, 2.24) is 4.90 Å². The van der Waals surface area contributed by atoms with Gasteiger partial charge in [0.05, 0.1) is 14.2 Å². The van der Waals surface area contributed by atoms with Crippen LogP contribution in [-0.4, -0.2) is 33.0 Å². The van der Waals surface area contributed by atoms with E-state index in [4.69, 9.17) is 18.9 Å². The highest BCUT2D eigenvalue weighted by Gasteiger charge is 2.41. The van der Waals surface area contributed by atoms with E-state index in [1.165, 1.54) is 22.3 Å². The summed E-state index contributed by atoms with van der Waals surface area (Å²) in [7, 11) is 5.61. The van der Waals surface area contributed by atoms with Gasteiger partial charge in [-0.25, -0.2) is 0 Å². The topological polar surface area (TPSA) is 40.2 Å². The first-order chi connectivity index (χ1) is 12.2. The van der Waals surface area contributed by atoms with Gasteiger partial charge in [-0.1, -0.05) is 6.07 Å². The minimum absolute atomic E-state index is 0.270. The van der Waals surface area contributed by atoms with E-state index in [0.717, 1.165) is 35.8 Å². The van der Waals surface area contributed by atoms with E-state index in [9.17, 15) is 0 Å². The van der Waals surface area contributed by atoms with Gasteiger partial charge < -0.3 is 18.9 Å². The van der Waals surface area contributed by atoms with Gasteiger partial charge in [0.1, 0.15) is 0 Å². The molecule has 3 heterocycles. The molecule has 3 aliphatic heterocycles. The number of hydrogen-bond donors (Lipinski definition) is 0. The molecule has 0 spiro atoms. The maximum Gasteiger partial charge on any atom is 0.231 e. The van der Waals surface area contributed by atoms with Crippen LogP contribution < -0.4 is 18.9 Å². The zero-order chi connectivity index (χ0) is 17.1. The zero-order valence-electron chi connectivity index (χ0n) is 14.7. The number of fused-ring (bicyclic) bond motifs is 7. The van der Waals surface area contributed by atoms with Crippen molar-refractivity contribution in [2.75, 3.05) is 28.1 Å². The summed E-state index contributed by atoms with van der Waals surface area (Å²) in [5.41, 5.74) is 5.29. The lowest BCUT2D eigenvalue weighted by atomic mass is 9.76. The molecule has 5 rings (SSSR count). The lowest BCUT2D eigenvalue weighted by Gasteiger charge is -2.46. The molecule has 5 heteroatoms. The predicted molar refractivity (Wildman–Crippen MR) is 92.8 cm³/mol. The SMILES string of the molecule is COc1ccc2c(c1OC)[C@@H]1Cc3cc4c(cc3[C@H](C2)N1C)OCO4. The van der Waals surface area contributed by atoms with Crippen LogP contribution in [0.25, 0.3) is 0 Å². The fourth-order valence-corrected chi connectivity index (χ4v) is 4.58. The fourth-order valence-electron chi connectivity index (χ4n) is 4.58. The van der Waals surface area contributed by atoms with Gasteiger partial charge in [0, 0.05) is 17.6 Å². The van der Waals surface area contributed by atoms with Crippen LogP contribution >= 0.6 is 0 Å². The molecular weight excluding hydrogens is 318 g/mol.